The number of hydrogen-bond donors (Lipinski definition) is 1. The summed E-state index contributed by atoms with van der Waals surface area (Å²) in [6.07, 6.45) is 6.01. The maximum absolute atomic E-state index is 12.6. The molecule has 1 N–H and O–H groups in total. The van der Waals surface area contributed by atoms with Crippen molar-refractivity contribution in [2.45, 2.75) is 44.9 Å². The molecule has 1 atom stereocenters. The molecule has 0 fully saturated rings. The first-order chi connectivity index (χ1) is 10.6. The molecular formula is C15H21N5OS. The number of aromatic amines is 1. The van der Waals surface area contributed by atoms with E-state index in [9.17, 15) is 4.79 Å². The van der Waals surface area contributed by atoms with Crippen LogP contribution in [-0.2, 0) is 12.8 Å². The second-order valence-electron chi connectivity index (χ2n) is 5.98. The van der Waals surface area contributed by atoms with Crippen molar-refractivity contribution >= 4 is 17.2 Å². The lowest BCUT2D eigenvalue weighted by molar-refractivity contribution is 0.0792. The lowest BCUT2D eigenvalue weighted by atomic mass is 10.1. The van der Waals surface area contributed by atoms with E-state index in [0.717, 1.165) is 17.7 Å². The van der Waals surface area contributed by atoms with Crippen LogP contribution >= 0.6 is 11.3 Å². The van der Waals surface area contributed by atoms with Crippen LogP contribution in [0.5, 0.6) is 0 Å². The normalized spacial score (nSPS) is 15.9. The van der Waals surface area contributed by atoms with E-state index in [0.29, 0.717) is 12.4 Å². The Morgan fingerprint density at radius 3 is 3.00 bits per heavy atom. The first-order valence-electron chi connectivity index (χ1n) is 7.75. The zero-order chi connectivity index (χ0) is 15.5. The second-order valence-corrected chi connectivity index (χ2v) is 7.11. The van der Waals surface area contributed by atoms with Gasteiger partial charge in [0.2, 0.25) is 0 Å². The second kappa shape index (κ2) is 6.56. The van der Waals surface area contributed by atoms with Crippen LogP contribution < -0.4 is 0 Å². The Labute approximate surface area is 133 Å². The minimum atomic E-state index is 0.0606. The highest BCUT2D eigenvalue weighted by molar-refractivity contribution is 7.14. The largest absolute Gasteiger partial charge is 0.340 e. The number of amides is 1. The Morgan fingerprint density at radius 2 is 2.23 bits per heavy atom. The first kappa shape index (κ1) is 15.1. The molecule has 6 nitrogen and oxygen atoms in total. The number of H-pyrrole nitrogens is 1. The number of hydrogen-bond acceptors (Lipinski definition) is 5. The van der Waals surface area contributed by atoms with Gasteiger partial charge in [0.1, 0.15) is 0 Å². The van der Waals surface area contributed by atoms with Gasteiger partial charge in [-0.2, -0.15) is 5.21 Å². The Kier molecular flexibility index (Phi) is 4.52. The number of aryl methyl sites for hydroxylation is 2. The molecule has 2 aromatic rings. The first-order valence-corrected chi connectivity index (χ1v) is 8.57. The highest BCUT2D eigenvalue weighted by Crippen LogP contribution is 2.29. The van der Waals surface area contributed by atoms with Gasteiger partial charge in [0, 0.05) is 24.4 Å². The molecule has 0 aliphatic heterocycles. The van der Waals surface area contributed by atoms with E-state index in [1.54, 1.807) is 16.2 Å². The molecule has 7 heteroatoms. The Morgan fingerprint density at radius 1 is 1.41 bits per heavy atom. The van der Waals surface area contributed by atoms with Crippen molar-refractivity contribution < 1.29 is 4.79 Å². The minimum absolute atomic E-state index is 0.0606. The standard InChI is InChI=1S/C15H21N5OS/c1-10(14-16-18-19-17-14)9-20(2)15(21)13-8-11-6-4-3-5-7-12(11)22-13/h8,10H,3-7,9H2,1-2H3,(H,16,17,18,19)/t10-/m0/s1. The van der Waals surface area contributed by atoms with E-state index < -0.39 is 0 Å². The third-order valence-electron chi connectivity index (χ3n) is 4.15. The van der Waals surface area contributed by atoms with Crippen LogP contribution in [0.3, 0.4) is 0 Å². The summed E-state index contributed by atoms with van der Waals surface area (Å²) in [5.74, 6) is 0.792. The van der Waals surface area contributed by atoms with Gasteiger partial charge >= 0.3 is 0 Å². The molecule has 2 aromatic heterocycles. The number of fused-ring (bicyclic) bond motifs is 1. The average molecular weight is 319 g/mol. The van der Waals surface area contributed by atoms with Gasteiger partial charge in [-0.1, -0.05) is 18.6 Å². The Balaban J connectivity index is 1.68. The molecular weight excluding hydrogens is 298 g/mol. The van der Waals surface area contributed by atoms with Gasteiger partial charge in [0.15, 0.2) is 5.82 Å². The van der Waals surface area contributed by atoms with Crippen molar-refractivity contribution in [1.82, 2.24) is 25.5 Å². The summed E-state index contributed by atoms with van der Waals surface area (Å²) in [5.41, 5.74) is 1.38. The molecule has 0 unspecified atom stereocenters. The van der Waals surface area contributed by atoms with Crippen LogP contribution in [-0.4, -0.2) is 45.0 Å². The molecule has 118 valence electrons. The molecule has 0 radical (unpaired) electrons. The number of likely N-dealkylation sites (N-methyl/N-ethyl adjacent to an activating group) is 1. The monoisotopic (exact) mass is 319 g/mol. The van der Waals surface area contributed by atoms with Crippen molar-refractivity contribution in [2.75, 3.05) is 13.6 Å². The fraction of sp³-hybridized carbons (Fsp3) is 0.600. The third-order valence-corrected chi connectivity index (χ3v) is 5.38. The maximum atomic E-state index is 12.6. The van der Waals surface area contributed by atoms with Gasteiger partial charge in [-0.05, 0) is 37.3 Å². The van der Waals surface area contributed by atoms with E-state index in [4.69, 9.17) is 0 Å². The van der Waals surface area contributed by atoms with Crippen molar-refractivity contribution in [3.8, 4) is 0 Å². The van der Waals surface area contributed by atoms with Gasteiger partial charge in [-0.25, -0.2) is 0 Å². The Hall–Kier alpha value is -1.76. The molecule has 0 saturated heterocycles. The average Bonchev–Trinajstić information content (AvgIpc) is 3.13. The van der Waals surface area contributed by atoms with Crippen LogP contribution in [0.15, 0.2) is 6.07 Å². The Bertz CT molecular complexity index is 613. The van der Waals surface area contributed by atoms with Crippen LogP contribution in [0.1, 0.15) is 58.0 Å². The summed E-state index contributed by atoms with van der Waals surface area (Å²) in [7, 11) is 1.84. The molecule has 0 saturated carbocycles. The number of nitrogens with zero attached hydrogens (tertiary/aromatic N) is 4. The van der Waals surface area contributed by atoms with Crippen molar-refractivity contribution in [3.05, 3.63) is 27.2 Å². The highest BCUT2D eigenvalue weighted by atomic mass is 32.1. The molecule has 0 aromatic carbocycles. The number of carbonyl (C=O) groups is 1. The molecule has 1 aliphatic carbocycles. The number of carbonyl (C=O) groups excluding carboxylic acids is 1. The number of tetrazole rings is 1. The fourth-order valence-corrected chi connectivity index (χ4v) is 4.16. The van der Waals surface area contributed by atoms with Crippen molar-refractivity contribution in [2.24, 2.45) is 0 Å². The van der Waals surface area contributed by atoms with Gasteiger partial charge in [-0.15, -0.1) is 21.5 Å². The van der Waals surface area contributed by atoms with Gasteiger partial charge in [-0.3, -0.25) is 4.79 Å². The molecule has 2 heterocycles. The topological polar surface area (TPSA) is 74.8 Å². The predicted molar refractivity (Wildman–Crippen MR) is 85.1 cm³/mol. The molecule has 1 aliphatic rings. The van der Waals surface area contributed by atoms with Gasteiger partial charge in [0.25, 0.3) is 5.91 Å². The van der Waals surface area contributed by atoms with E-state index in [2.05, 4.69) is 26.7 Å². The molecule has 1 amide bonds. The number of thiophene rings is 1. The summed E-state index contributed by atoms with van der Waals surface area (Å²) in [6.45, 7) is 2.58. The zero-order valence-corrected chi connectivity index (χ0v) is 13.8. The number of rotatable bonds is 4. The minimum Gasteiger partial charge on any atom is -0.340 e. The highest BCUT2D eigenvalue weighted by Gasteiger charge is 2.21. The molecule has 22 heavy (non-hydrogen) atoms. The van der Waals surface area contributed by atoms with Gasteiger partial charge in [0.05, 0.1) is 4.88 Å². The molecule has 3 rings (SSSR count). The van der Waals surface area contributed by atoms with Gasteiger partial charge < -0.3 is 4.90 Å². The smallest absolute Gasteiger partial charge is 0.263 e. The van der Waals surface area contributed by atoms with Crippen LogP contribution in [0, 0.1) is 0 Å². The zero-order valence-electron chi connectivity index (χ0n) is 13.0. The van der Waals surface area contributed by atoms with E-state index >= 15 is 0 Å². The predicted octanol–water partition coefficient (Wildman–Crippen LogP) is 2.41. The number of nitrogens with one attached hydrogen (secondary N) is 1. The lowest BCUT2D eigenvalue weighted by Crippen LogP contribution is -2.30. The summed E-state index contributed by atoms with van der Waals surface area (Å²) in [5, 5.41) is 14.0. The summed E-state index contributed by atoms with van der Waals surface area (Å²) >= 11 is 1.67. The SMILES string of the molecule is C[C@@H](CN(C)C(=O)c1cc2c(s1)CCCCC2)c1nn[nH]n1. The third kappa shape index (κ3) is 3.19. The summed E-state index contributed by atoms with van der Waals surface area (Å²) < 4.78 is 0. The summed E-state index contributed by atoms with van der Waals surface area (Å²) in [6, 6.07) is 2.10. The van der Waals surface area contributed by atoms with E-state index in [-0.39, 0.29) is 11.8 Å². The molecule has 0 spiro atoms. The summed E-state index contributed by atoms with van der Waals surface area (Å²) in [4.78, 5) is 16.6. The lowest BCUT2D eigenvalue weighted by Gasteiger charge is -2.19. The number of aromatic nitrogens is 4. The van der Waals surface area contributed by atoms with Crippen LogP contribution in [0.25, 0.3) is 0 Å². The molecule has 0 bridgehead atoms. The van der Waals surface area contributed by atoms with Crippen LogP contribution in [0.2, 0.25) is 0 Å². The quantitative estimate of drug-likeness (QED) is 0.878. The maximum Gasteiger partial charge on any atom is 0.263 e. The van der Waals surface area contributed by atoms with Crippen LogP contribution in [0.4, 0.5) is 0 Å². The fourth-order valence-electron chi connectivity index (χ4n) is 2.91. The van der Waals surface area contributed by atoms with Crippen molar-refractivity contribution in [3.63, 3.8) is 0 Å². The van der Waals surface area contributed by atoms with E-state index in [1.165, 1.54) is 29.7 Å². The van der Waals surface area contributed by atoms with Crippen molar-refractivity contribution in [1.29, 1.82) is 0 Å². The van der Waals surface area contributed by atoms with E-state index in [1.807, 2.05) is 14.0 Å².